The lowest BCUT2D eigenvalue weighted by Crippen LogP contribution is -2.41. The van der Waals surface area contributed by atoms with Gasteiger partial charge in [-0.05, 0) is 47.3 Å². The van der Waals surface area contributed by atoms with E-state index in [0.717, 1.165) is 23.0 Å². The van der Waals surface area contributed by atoms with Crippen LogP contribution in [0.5, 0.6) is 0 Å². The van der Waals surface area contributed by atoms with Gasteiger partial charge in [0.25, 0.3) is 0 Å². The van der Waals surface area contributed by atoms with Gasteiger partial charge in [0.2, 0.25) is 0 Å². The summed E-state index contributed by atoms with van der Waals surface area (Å²) in [6, 6.07) is 11.1. The lowest BCUT2D eigenvalue weighted by atomic mass is 9.73. The summed E-state index contributed by atoms with van der Waals surface area (Å²) in [5.74, 6) is -0.443. The summed E-state index contributed by atoms with van der Waals surface area (Å²) >= 11 is 0. The molecule has 1 aliphatic rings. The lowest BCUT2D eigenvalue weighted by molar-refractivity contribution is 0.0993. The largest absolute Gasteiger partial charge is 0.491 e. The van der Waals surface area contributed by atoms with Crippen molar-refractivity contribution < 1.29 is 18.9 Å². The van der Waals surface area contributed by atoms with Crippen LogP contribution in [0.1, 0.15) is 21.5 Å². The topological polar surface area (TPSA) is 46.5 Å². The van der Waals surface area contributed by atoms with Gasteiger partial charge in [-0.25, -0.2) is 4.39 Å². The molecule has 0 atom stereocenters. The molecule has 3 nitrogen and oxygen atoms in total. The zero-order chi connectivity index (χ0) is 14.8. The molecule has 0 saturated heterocycles. The Bertz CT molecular complexity index is 670. The lowest BCUT2D eigenvalue weighted by Gasteiger charge is -2.19. The Balaban J connectivity index is 1.80. The summed E-state index contributed by atoms with van der Waals surface area (Å²) in [7, 11) is -0.922. The number of carbonyl (C=O) groups excluding carboxylic acids is 1. The maximum Gasteiger partial charge on any atom is 0.491 e. The fourth-order valence-corrected chi connectivity index (χ4v) is 2.51. The molecule has 0 aromatic heterocycles. The number of rotatable bonds is 3. The van der Waals surface area contributed by atoms with Gasteiger partial charge in [-0.15, -0.1) is 0 Å². The van der Waals surface area contributed by atoms with Gasteiger partial charge >= 0.3 is 7.12 Å². The molecule has 0 radical (unpaired) electrons. The standard InChI is InChI=1S/C16H14BFO3/c18-14-5-3-13(4-6-14)16(19)10-11-1-2-12-7-8-21-17(20)15(12)9-11/h1-6,9,20H,7-8,10H2. The summed E-state index contributed by atoms with van der Waals surface area (Å²) in [5, 5.41) is 9.82. The molecular weight excluding hydrogens is 270 g/mol. The molecule has 106 valence electrons. The Morgan fingerprint density at radius 3 is 2.76 bits per heavy atom. The molecule has 1 aliphatic heterocycles. The summed E-state index contributed by atoms with van der Waals surface area (Å²) in [6.45, 7) is 0.502. The molecule has 0 spiro atoms. The van der Waals surface area contributed by atoms with Gasteiger partial charge in [0.1, 0.15) is 5.82 Å². The van der Waals surface area contributed by atoms with E-state index in [2.05, 4.69) is 0 Å². The molecule has 0 unspecified atom stereocenters. The van der Waals surface area contributed by atoms with E-state index in [1.807, 2.05) is 12.1 Å². The minimum atomic E-state index is -0.922. The van der Waals surface area contributed by atoms with E-state index in [9.17, 15) is 14.2 Å². The van der Waals surface area contributed by atoms with Gasteiger partial charge in [-0.3, -0.25) is 4.79 Å². The summed E-state index contributed by atoms with van der Waals surface area (Å²) in [4.78, 5) is 12.2. The molecular formula is C16H14BFO3. The molecule has 1 N–H and O–H groups in total. The Morgan fingerprint density at radius 1 is 1.24 bits per heavy atom. The first-order valence-corrected chi connectivity index (χ1v) is 6.83. The predicted molar refractivity (Wildman–Crippen MR) is 78.1 cm³/mol. The van der Waals surface area contributed by atoms with Crippen LogP contribution in [0, 0.1) is 5.82 Å². The fraction of sp³-hybridized carbons (Fsp3) is 0.188. The second-order valence-electron chi connectivity index (χ2n) is 5.11. The highest BCUT2D eigenvalue weighted by Gasteiger charge is 2.25. The molecule has 5 heteroatoms. The normalized spacial score (nSPS) is 13.9. The van der Waals surface area contributed by atoms with Gasteiger partial charge in [0.05, 0.1) is 0 Å². The maximum atomic E-state index is 12.9. The van der Waals surface area contributed by atoms with Crippen molar-refractivity contribution >= 4 is 18.4 Å². The third kappa shape index (κ3) is 3.04. The number of halogens is 1. The highest BCUT2D eigenvalue weighted by molar-refractivity contribution is 6.60. The van der Waals surface area contributed by atoms with E-state index in [0.29, 0.717) is 12.2 Å². The molecule has 3 rings (SSSR count). The zero-order valence-corrected chi connectivity index (χ0v) is 11.4. The van der Waals surface area contributed by atoms with E-state index in [1.165, 1.54) is 24.3 Å². The third-order valence-electron chi connectivity index (χ3n) is 3.65. The number of hydrogen-bond donors (Lipinski definition) is 1. The van der Waals surface area contributed by atoms with Gasteiger partial charge < -0.3 is 9.68 Å². The number of hydrogen-bond acceptors (Lipinski definition) is 3. The van der Waals surface area contributed by atoms with Crippen LogP contribution in [0.3, 0.4) is 0 Å². The van der Waals surface area contributed by atoms with Crippen LogP contribution in [0.2, 0.25) is 0 Å². The first-order chi connectivity index (χ1) is 10.1. The SMILES string of the molecule is O=C(Cc1ccc2c(c1)B(O)OCC2)c1ccc(F)cc1. The Hall–Kier alpha value is -1.98. The quantitative estimate of drug-likeness (QED) is 0.686. The van der Waals surface area contributed by atoms with Crippen molar-refractivity contribution in [2.45, 2.75) is 12.8 Å². The van der Waals surface area contributed by atoms with Crippen LogP contribution in [0.15, 0.2) is 42.5 Å². The van der Waals surface area contributed by atoms with Crippen molar-refractivity contribution in [3.8, 4) is 0 Å². The summed E-state index contributed by atoms with van der Waals surface area (Å²) in [5.41, 5.74) is 3.07. The molecule has 0 aliphatic carbocycles. The molecule has 0 fully saturated rings. The van der Waals surface area contributed by atoms with E-state index >= 15 is 0 Å². The van der Waals surface area contributed by atoms with Crippen LogP contribution in [0.25, 0.3) is 0 Å². The average molecular weight is 284 g/mol. The highest BCUT2D eigenvalue weighted by Crippen LogP contribution is 2.12. The minimum Gasteiger partial charge on any atom is -0.423 e. The minimum absolute atomic E-state index is 0.0823. The van der Waals surface area contributed by atoms with E-state index in [1.54, 1.807) is 6.07 Å². The van der Waals surface area contributed by atoms with Crippen LogP contribution < -0.4 is 5.46 Å². The number of carbonyl (C=O) groups is 1. The predicted octanol–water partition coefficient (Wildman–Crippen LogP) is 1.51. The van der Waals surface area contributed by atoms with Gasteiger partial charge in [-0.2, -0.15) is 0 Å². The first-order valence-electron chi connectivity index (χ1n) is 6.83. The van der Waals surface area contributed by atoms with Crippen molar-refractivity contribution in [2.75, 3.05) is 6.61 Å². The molecule has 2 aromatic rings. The number of benzene rings is 2. The number of Topliss-reactive ketones (excluding diaryl/α,β-unsaturated/α-hetero) is 1. The summed E-state index contributed by atoms with van der Waals surface area (Å²) in [6.07, 6.45) is 0.976. The van der Waals surface area contributed by atoms with Crippen molar-refractivity contribution in [1.29, 1.82) is 0 Å². The zero-order valence-electron chi connectivity index (χ0n) is 11.4. The second kappa shape index (κ2) is 5.80. The smallest absolute Gasteiger partial charge is 0.423 e. The molecule has 1 heterocycles. The van der Waals surface area contributed by atoms with Gasteiger partial charge in [-0.1, -0.05) is 18.2 Å². The van der Waals surface area contributed by atoms with Gasteiger partial charge in [0.15, 0.2) is 5.78 Å². The van der Waals surface area contributed by atoms with Crippen molar-refractivity contribution in [2.24, 2.45) is 0 Å². The molecule has 0 saturated carbocycles. The van der Waals surface area contributed by atoms with E-state index in [4.69, 9.17) is 4.65 Å². The van der Waals surface area contributed by atoms with Crippen molar-refractivity contribution in [1.82, 2.24) is 0 Å². The first kappa shape index (κ1) is 14.0. The van der Waals surface area contributed by atoms with E-state index in [-0.39, 0.29) is 18.0 Å². The van der Waals surface area contributed by atoms with E-state index < -0.39 is 7.12 Å². The second-order valence-corrected chi connectivity index (χ2v) is 5.11. The molecule has 0 amide bonds. The fourth-order valence-electron chi connectivity index (χ4n) is 2.51. The average Bonchev–Trinajstić information content (AvgIpc) is 2.49. The van der Waals surface area contributed by atoms with Crippen molar-refractivity contribution in [3.63, 3.8) is 0 Å². The Morgan fingerprint density at radius 2 is 2.00 bits per heavy atom. The van der Waals surface area contributed by atoms with Crippen LogP contribution in [-0.2, 0) is 17.5 Å². The summed E-state index contributed by atoms with van der Waals surface area (Å²) < 4.78 is 18.0. The Labute approximate surface area is 122 Å². The highest BCUT2D eigenvalue weighted by atomic mass is 19.1. The van der Waals surface area contributed by atoms with Crippen LogP contribution in [-0.4, -0.2) is 24.5 Å². The third-order valence-corrected chi connectivity index (χ3v) is 3.65. The monoisotopic (exact) mass is 284 g/mol. The Kier molecular flexibility index (Phi) is 3.86. The maximum absolute atomic E-state index is 12.9. The van der Waals surface area contributed by atoms with Crippen molar-refractivity contribution in [3.05, 3.63) is 65.0 Å². The molecule has 21 heavy (non-hydrogen) atoms. The molecule has 2 aromatic carbocycles. The van der Waals surface area contributed by atoms with Crippen LogP contribution >= 0.6 is 0 Å². The number of ketones is 1. The number of fused-ring (bicyclic) bond motifs is 1. The van der Waals surface area contributed by atoms with Crippen LogP contribution in [0.4, 0.5) is 4.39 Å². The van der Waals surface area contributed by atoms with Gasteiger partial charge in [0, 0.05) is 18.6 Å². The molecule has 0 bridgehead atoms.